The smallest absolute Gasteiger partial charge is 0.312 e. The van der Waals surface area contributed by atoms with Crippen LogP contribution in [0.4, 0.5) is 0 Å². The number of hydrogen-bond acceptors (Lipinski definition) is 8. The van der Waals surface area contributed by atoms with E-state index in [9.17, 15) is 19.2 Å². The molecule has 198 valence electrons. The zero-order chi connectivity index (χ0) is 26.0. The predicted molar refractivity (Wildman–Crippen MR) is 127 cm³/mol. The van der Waals surface area contributed by atoms with Crippen molar-refractivity contribution in [1.29, 1.82) is 0 Å². The second kappa shape index (κ2) is 8.59. The van der Waals surface area contributed by atoms with Gasteiger partial charge in [0.05, 0.1) is 13.0 Å². The molecule has 0 aromatic heterocycles. The van der Waals surface area contributed by atoms with Gasteiger partial charge in [0.2, 0.25) is 0 Å². The van der Waals surface area contributed by atoms with Gasteiger partial charge in [-0.25, -0.2) is 0 Å². The average molecular weight is 503 g/mol. The Balaban J connectivity index is 1.62. The Morgan fingerprint density at radius 3 is 2.36 bits per heavy atom. The van der Waals surface area contributed by atoms with Gasteiger partial charge in [0.15, 0.2) is 0 Å². The van der Waals surface area contributed by atoms with Crippen LogP contribution >= 0.6 is 0 Å². The predicted octanol–water partition coefficient (Wildman–Crippen LogP) is 3.90. The Kier molecular flexibility index (Phi) is 6.03. The van der Waals surface area contributed by atoms with Crippen LogP contribution < -0.4 is 0 Å². The van der Waals surface area contributed by atoms with E-state index in [2.05, 4.69) is 19.9 Å². The van der Waals surface area contributed by atoms with Gasteiger partial charge >= 0.3 is 23.9 Å². The first-order valence-corrected chi connectivity index (χ1v) is 13.3. The minimum atomic E-state index is -0.587. The molecular formula is C28H38O8. The van der Waals surface area contributed by atoms with Crippen LogP contribution in [0.15, 0.2) is 11.6 Å². The third-order valence-corrected chi connectivity index (χ3v) is 10.5. The van der Waals surface area contributed by atoms with Gasteiger partial charge in [-0.15, -0.1) is 0 Å². The molecule has 0 aromatic rings. The number of rotatable bonds is 3. The summed E-state index contributed by atoms with van der Waals surface area (Å²) in [5.41, 5.74) is -0.229. The molecular weight excluding hydrogens is 464 g/mol. The quantitative estimate of drug-likeness (QED) is 0.325. The molecule has 1 spiro atoms. The summed E-state index contributed by atoms with van der Waals surface area (Å²) in [4.78, 5) is 49.7. The molecule has 4 aliphatic carbocycles. The molecule has 0 amide bonds. The number of carbonyl (C=O) groups is 4. The highest BCUT2D eigenvalue weighted by molar-refractivity contribution is 5.76. The van der Waals surface area contributed by atoms with Crippen molar-refractivity contribution >= 4 is 23.9 Å². The lowest BCUT2D eigenvalue weighted by molar-refractivity contribution is -0.204. The van der Waals surface area contributed by atoms with Crippen molar-refractivity contribution in [2.75, 3.05) is 7.11 Å². The van der Waals surface area contributed by atoms with Crippen molar-refractivity contribution in [1.82, 2.24) is 0 Å². The highest BCUT2D eigenvalue weighted by Crippen LogP contribution is 2.70. The van der Waals surface area contributed by atoms with Crippen molar-refractivity contribution in [3.8, 4) is 0 Å². The summed E-state index contributed by atoms with van der Waals surface area (Å²) in [6.45, 7) is 7.23. The SMILES string of the molecule is COC(=O)[C@@H]1C=C2C[C@@H](OC(C)=O)CCC2(C)C2C1[C@@H]1CC[C@@]3(CCC(=O)O3)C1(C)C[C@H]2OC(C)=O. The van der Waals surface area contributed by atoms with Crippen molar-refractivity contribution in [2.45, 2.75) is 96.9 Å². The van der Waals surface area contributed by atoms with E-state index in [-0.39, 0.29) is 53.1 Å². The van der Waals surface area contributed by atoms with Crippen LogP contribution in [0.2, 0.25) is 0 Å². The minimum absolute atomic E-state index is 0.0888. The highest BCUT2D eigenvalue weighted by atomic mass is 16.6. The van der Waals surface area contributed by atoms with Crippen LogP contribution in [0.25, 0.3) is 0 Å². The van der Waals surface area contributed by atoms with Gasteiger partial charge in [-0.05, 0) is 55.8 Å². The molecule has 1 saturated heterocycles. The van der Waals surface area contributed by atoms with Crippen LogP contribution in [0.3, 0.4) is 0 Å². The second-order valence-corrected chi connectivity index (χ2v) is 12.1. The number of hydrogen-bond donors (Lipinski definition) is 0. The Hall–Kier alpha value is -2.38. The summed E-state index contributed by atoms with van der Waals surface area (Å²) in [7, 11) is 1.41. The Morgan fingerprint density at radius 1 is 1.03 bits per heavy atom. The van der Waals surface area contributed by atoms with Crippen molar-refractivity contribution in [3.05, 3.63) is 11.6 Å². The van der Waals surface area contributed by atoms with E-state index in [4.69, 9.17) is 18.9 Å². The summed E-state index contributed by atoms with van der Waals surface area (Å²) < 4.78 is 23.0. The van der Waals surface area contributed by atoms with E-state index in [1.54, 1.807) is 0 Å². The standard InChI is InChI=1S/C28H38O8/c1-15(29)34-18-6-9-26(3)17(12-18)13-19(25(32)33-5)23-20-7-10-28(11-8-22(31)36-28)27(20,4)14-21(24(23)26)35-16(2)30/h13,18-21,23-24H,6-12,14H2,1-5H3/t18-,19+,20-,21+,23?,24?,26?,27?,28+/m0/s1. The van der Waals surface area contributed by atoms with Crippen LogP contribution in [-0.2, 0) is 38.1 Å². The Morgan fingerprint density at radius 2 is 1.75 bits per heavy atom. The van der Waals surface area contributed by atoms with Crippen molar-refractivity contribution < 1.29 is 38.1 Å². The minimum Gasteiger partial charge on any atom is -0.469 e. The summed E-state index contributed by atoms with van der Waals surface area (Å²) >= 11 is 0. The third-order valence-electron chi connectivity index (χ3n) is 10.5. The summed E-state index contributed by atoms with van der Waals surface area (Å²) in [5, 5.41) is 0. The number of carbonyl (C=O) groups excluding carboxylic acids is 4. The van der Waals surface area contributed by atoms with Gasteiger partial charge in [-0.1, -0.05) is 25.5 Å². The molecule has 8 nitrogen and oxygen atoms in total. The molecule has 4 unspecified atom stereocenters. The number of ether oxygens (including phenoxy) is 4. The van der Waals surface area contributed by atoms with E-state index >= 15 is 0 Å². The third kappa shape index (κ3) is 3.61. The molecule has 4 fully saturated rings. The Labute approximate surface area is 212 Å². The lowest BCUT2D eigenvalue weighted by Crippen LogP contribution is -2.62. The first kappa shape index (κ1) is 25.3. The van der Waals surface area contributed by atoms with Gasteiger partial charge in [0.1, 0.15) is 17.8 Å². The van der Waals surface area contributed by atoms with Crippen LogP contribution in [0.5, 0.6) is 0 Å². The van der Waals surface area contributed by atoms with E-state index in [0.717, 1.165) is 31.3 Å². The average Bonchev–Trinajstić information content (AvgIpc) is 3.31. The molecule has 5 rings (SSSR count). The monoisotopic (exact) mass is 502 g/mol. The molecule has 0 bridgehead atoms. The normalized spacial score (nSPS) is 45.0. The number of fused-ring (bicyclic) bond motifs is 6. The maximum Gasteiger partial charge on any atom is 0.312 e. The lowest BCUT2D eigenvalue weighted by Gasteiger charge is -2.62. The maximum absolute atomic E-state index is 13.3. The van der Waals surface area contributed by atoms with Crippen molar-refractivity contribution in [3.63, 3.8) is 0 Å². The molecule has 9 atom stereocenters. The fourth-order valence-electron chi connectivity index (χ4n) is 9.03. The molecule has 5 aliphatic rings. The van der Waals surface area contributed by atoms with E-state index in [1.807, 2.05) is 0 Å². The first-order valence-electron chi connectivity index (χ1n) is 13.3. The van der Waals surface area contributed by atoms with E-state index in [1.165, 1.54) is 21.0 Å². The molecule has 0 N–H and O–H groups in total. The topological polar surface area (TPSA) is 105 Å². The number of methoxy groups -OCH3 is 1. The summed E-state index contributed by atoms with van der Waals surface area (Å²) in [5.74, 6) is -1.72. The fourth-order valence-corrected chi connectivity index (χ4v) is 9.03. The van der Waals surface area contributed by atoms with Crippen LogP contribution in [0, 0.1) is 34.5 Å². The molecule has 3 saturated carbocycles. The van der Waals surface area contributed by atoms with Crippen molar-refractivity contribution in [2.24, 2.45) is 34.5 Å². The van der Waals surface area contributed by atoms with Gasteiger partial charge < -0.3 is 18.9 Å². The lowest BCUT2D eigenvalue weighted by atomic mass is 9.44. The first-order chi connectivity index (χ1) is 16.9. The molecule has 36 heavy (non-hydrogen) atoms. The summed E-state index contributed by atoms with van der Waals surface area (Å²) in [6, 6.07) is 0. The largest absolute Gasteiger partial charge is 0.469 e. The van der Waals surface area contributed by atoms with E-state index in [0.29, 0.717) is 25.7 Å². The Bertz CT molecular complexity index is 1020. The highest BCUT2D eigenvalue weighted by Gasteiger charge is 2.71. The molecule has 0 aromatic carbocycles. The van der Waals surface area contributed by atoms with E-state index < -0.39 is 23.0 Å². The molecule has 0 radical (unpaired) electrons. The summed E-state index contributed by atoms with van der Waals surface area (Å²) in [6.07, 6.45) is 6.71. The molecule has 1 heterocycles. The molecule has 8 heteroatoms. The van der Waals surface area contributed by atoms with Gasteiger partial charge in [-0.2, -0.15) is 0 Å². The van der Waals surface area contributed by atoms with Gasteiger partial charge in [0.25, 0.3) is 0 Å². The van der Waals surface area contributed by atoms with Crippen LogP contribution in [-0.4, -0.2) is 48.8 Å². The number of esters is 4. The molecule has 1 aliphatic heterocycles. The zero-order valence-corrected chi connectivity index (χ0v) is 22.0. The van der Waals surface area contributed by atoms with Gasteiger partial charge in [-0.3, -0.25) is 19.2 Å². The maximum atomic E-state index is 13.3. The van der Waals surface area contributed by atoms with Crippen LogP contribution in [0.1, 0.15) is 79.1 Å². The van der Waals surface area contributed by atoms with Gasteiger partial charge in [0, 0.05) is 38.0 Å². The zero-order valence-electron chi connectivity index (χ0n) is 22.0. The fraction of sp³-hybridized carbons (Fsp3) is 0.786. The second-order valence-electron chi connectivity index (χ2n) is 12.1.